The monoisotopic (exact) mass is 260 g/mol. The number of rotatable bonds is 3. The van der Waals surface area contributed by atoms with E-state index in [9.17, 15) is 0 Å². The lowest BCUT2D eigenvalue weighted by Crippen LogP contribution is -2.47. The Kier molecular flexibility index (Phi) is 4.28. The van der Waals surface area contributed by atoms with Crippen LogP contribution in [0.4, 0.5) is 0 Å². The van der Waals surface area contributed by atoms with Crippen LogP contribution in [0.25, 0.3) is 0 Å². The van der Waals surface area contributed by atoms with Gasteiger partial charge in [-0.15, -0.1) is 0 Å². The molecule has 2 rings (SSSR count). The summed E-state index contributed by atoms with van der Waals surface area (Å²) in [6, 6.07) is 11.0. The van der Waals surface area contributed by atoms with Crippen molar-refractivity contribution in [3.63, 3.8) is 0 Å². The van der Waals surface area contributed by atoms with E-state index in [-0.39, 0.29) is 5.41 Å². The van der Waals surface area contributed by atoms with E-state index in [0.717, 1.165) is 26.1 Å². The van der Waals surface area contributed by atoms with E-state index in [1.165, 1.54) is 5.56 Å². The fraction of sp³-hybridized carbons (Fsp3) is 0.533. The van der Waals surface area contributed by atoms with Gasteiger partial charge < -0.3 is 0 Å². The van der Waals surface area contributed by atoms with Gasteiger partial charge in [0.15, 0.2) is 0 Å². The van der Waals surface area contributed by atoms with Gasteiger partial charge in [-0.25, -0.2) is 4.99 Å². The topological polar surface area (TPSA) is 15.6 Å². The smallest absolute Gasteiger partial charge is 0.0678 e. The fourth-order valence-electron chi connectivity index (χ4n) is 2.74. The number of piperidine rings is 1. The molecule has 1 aromatic carbocycles. The van der Waals surface area contributed by atoms with E-state index < -0.39 is 0 Å². The van der Waals surface area contributed by atoms with Gasteiger partial charge in [-0.3, -0.25) is 4.90 Å². The van der Waals surface area contributed by atoms with Crippen molar-refractivity contribution < 1.29 is 0 Å². The molecule has 0 amide bonds. The van der Waals surface area contributed by atoms with Crippen LogP contribution in [0.2, 0.25) is 0 Å². The summed E-state index contributed by atoms with van der Waals surface area (Å²) in [7, 11) is 0. The third-order valence-electron chi connectivity index (χ3n) is 3.71. The highest BCUT2D eigenvalue weighted by Crippen LogP contribution is 2.32. The third-order valence-corrected chi connectivity index (χ3v) is 3.81. The number of thiocarbonyl (C=S) groups is 1. The van der Waals surface area contributed by atoms with Gasteiger partial charge in [-0.1, -0.05) is 44.2 Å². The molecule has 18 heavy (non-hydrogen) atoms. The number of isothiocyanates is 1. The van der Waals surface area contributed by atoms with Crippen molar-refractivity contribution >= 4 is 17.4 Å². The van der Waals surface area contributed by atoms with Crippen molar-refractivity contribution in [2.75, 3.05) is 13.1 Å². The van der Waals surface area contributed by atoms with Gasteiger partial charge in [-0.2, -0.15) is 0 Å². The number of benzene rings is 1. The molecule has 96 valence electrons. The Labute approximate surface area is 115 Å². The zero-order chi connectivity index (χ0) is 13.0. The Bertz CT molecular complexity index is 435. The minimum Gasteiger partial charge on any atom is -0.298 e. The molecule has 1 aromatic rings. The van der Waals surface area contributed by atoms with Crippen molar-refractivity contribution in [1.82, 2.24) is 4.90 Å². The second-order valence-corrected chi connectivity index (χ2v) is 5.89. The number of nitrogens with zero attached hydrogens (tertiary/aromatic N) is 2. The lowest BCUT2D eigenvalue weighted by molar-refractivity contribution is 0.0912. The lowest BCUT2D eigenvalue weighted by atomic mass is 9.79. The van der Waals surface area contributed by atoms with E-state index in [4.69, 9.17) is 12.2 Å². The van der Waals surface area contributed by atoms with Crippen LogP contribution in [0.15, 0.2) is 35.3 Å². The Balaban J connectivity index is 2.00. The first-order chi connectivity index (χ1) is 8.62. The molecule has 0 spiro atoms. The van der Waals surface area contributed by atoms with Gasteiger partial charge in [-0.05, 0) is 24.2 Å². The molecule has 0 saturated carbocycles. The molecule has 0 radical (unpaired) electrons. The van der Waals surface area contributed by atoms with E-state index in [1.54, 1.807) is 0 Å². The predicted octanol–water partition coefficient (Wildman–Crippen LogP) is 3.39. The molecule has 1 heterocycles. The lowest BCUT2D eigenvalue weighted by Gasteiger charge is -2.42. The molecule has 0 bridgehead atoms. The maximum atomic E-state index is 4.74. The summed E-state index contributed by atoms with van der Waals surface area (Å²) >= 11 is 4.74. The number of hydrogen-bond acceptors (Lipinski definition) is 3. The first kappa shape index (κ1) is 13.4. The van der Waals surface area contributed by atoms with Crippen LogP contribution in [-0.4, -0.2) is 29.2 Å². The number of likely N-dealkylation sites (tertiary alicyclic amines) is 1. The van der Waals surface area contributed by atoms with E-state index in [2.05, 4.69) is 59.2 Å². The van der Waals surface area contributed by atoms with Gasteiger partial charge in [0.05, 0.1) is 11.2 Å². The highest BCUT2D eigenvalue weighted by molar-refractivity contribution is 7.78. The van der Waals surface area contributed by atoms with E-state index in [1.807, 2.05) is 0 Å². The van der Waals surface area contributed by atoms with Gasteiger partial charge in [0, 0.05) is 25.0 Å². The quantitative estimate of drug-likeness (QED) is 0.611. The van der Waals surface area contributed by atoms with Gasteiger partial charge in [0.25, 0.3) is 0 Å². The maximum Gasteiger partial charge on any atom is 0.0678 e. The second-order valence-electron chi connectivity index (χ2n) is 5.71. The highest BCUT2D eigenvalue weighted by Gasteiger charge is 2.35. The van der Waals surface area contributed by atoms with E-state index >= 15 is 0 Å². The van der Waals surface area contributed by atoms with Gasteiger partial charge in [0.2, 0.25) is 0 Å². The van der Waals surface area contributed by atoms with Crippen molar-refractivity contribution in [3.05, 3.63) is 35.9 Å². The molecular weight excluding hydrogens is 240 g/mol. The van der Waals surface area contributed by atoms with Crippen molar-refractivity contribution in [2.24, 2.45) is 10.4 Å². The summed E-state index contributed by atoms with van der Waals surface area (Å²) in [6.45, 7) is 7.71. The molecule has 1 aliphatic rings. The average molecular weight is 260 g/mol. The highest BCUT2D eigenvalue weighted by atomic mass is 32.1. The maximum absolute atomic E-state index is 4.74. The Morgan fingerprint density at radius 3 is 2.72 bits per heavy atom. The molecule has 1 unspecified atom stereocenters. The van der Waals surface area contributed by atoms with Crippen LogP contribution in [-0.2, 0) is 6.54 Å². The zero-order valence-electron chi connectivity index (χ0n) is 11.1. The SMILES string of the molecule is CC1(C)CN(Cc2ccccc2)CCC1N=C=S. The number of hydrogen-bond donors (Lipinski definition) is 0. The van der Waals surface area contributed by atoms with E-state index in [0.29, 0.717) is 6.04 Å². The second kappa shape index (κ2) is 5.75. The largest absolute Gasteiger partial charge is 0.298 e. The molecule has 1 saturated heterocycles. The summed E-state index contributed by atoms with van der Waals surface area (Å²) in [4.78, 5) is 6.82. The third kappa shape index (κ3) is 3.26. The first-order valence-corrected chi connectivity index (χ1v) is 6.86. The van der Waals surface area contributed by atoms with Gasteiger partial charge in [0.1, 0.15) is 0 Å². The van der Waals surface area contributed by atoms with Crippen molar-refractivity contribution in [3.8, 4) is 0 Å². The summed E-state index contributed by atoms with van der Waals surface area (Å²) in [5, 5.41) is 2.55. The molecule has 1 aliphatic heterocycles. The Hall–Kier alpha value is -1.02. The molecule has 0 aromatic heterocycles. The van der Waals surface area contributed by atoms with Crippen molar-refractivity contribution in [2.45, 2.75) is 32.9 Å². The average Bonchev–Trinajstić information content (AvgIpc) is 2.33. The Morgan fingerprint density at radius 2 is 2.11 bits per heavy atom. The number of aliphatic imine (C=N–C) groups is 1. The molecule has 0 aliphatic carbocycles. The molecule has 0 N–H and O–H groups in total. The van der Waals surface area contributed by atoms with Crippen LogP contribution in [0.3, 0.4) is 0 Å². The van der Waals surface area contributed by atoms with Crippen LogP contribution < -0.4 is 0 Å². The minimum absolute atomic E-state index is 0.179. The standard InChI is InChI=1S/C15H20N2S/c1-15(2)11-17(9-8-14(15)16-12-18)10-13-6-4-3-5-7-13/h3-7,14H,8-11H2,1-2H3. The Morgan fingerprint density at radius 1 is 1.39 bits per heavy atom. The molecular formula is C15H20N2S. The normalized spacial score (nSPS) is 23.3. The minimum atomic E-state index is 0.179. The fourth-order valence-corrected chi connectivity index (χ4v) is 2.86. The van der Waals surface area contributed by atoms with Crippen LogP contribution in [0.1, 0.15) is 25.8 Å². The van der Waals surface area contributed by atoms with Crippen LogP contribution in [0, 0.1) is 5.41 Å². The molecule has 1 fully saturated rings. The van der Waals surface area contributed by atoms with Crippen LogP contribution in [0.5, 0.6) is 0 Å². The summed E-state index contributed by atoms with van der Waals surface area (Å²) in [5.74, 6) is 0. The van der Waals surface area contributed by atoms with Crippen LogP contribution >= 0.6 is 12.2 Å². The predicted molar refractivity (Wildman–Crippen MR) is 78.9 cm³/mol. The van der Waals surface area contributed by atoms with Crippen molar-refractivity contribution in [1.29, 1.82) is 0 Å². The first-order valence-electron chi connectivity index (χ1n) is 6.45. The summed E-state index contributed by atoms with van der Waals surface area (Å²) < 4.78 is 0. The molecule has 1 atom stereocenters. The van der Waals surface area contributed by atoms with Gasteiger partial charge >= 0.3 is 0 Å². The zero-order valence-corrected chi connectivity index (χ0v) is 11.9. The molecule has 3 heteroatoms. The molecule has 2 nitrogen and oxygen atoms in total. The summed E-state index contributed by atoms with van der Waals surface area (Å²) in [5.41, 5.74) is 1.56. The summed E-state index contributed by atoms with van der Waals surface area (Å²) in [6.07, 6.45) is 1.07.